The zero-order chi connectivity index (χ0) is 18.1. The molecule has 0 amide bonds. The van der Waals surface area contributed by atoms with E-state index in [4.69, 9.17) is 4.74 Å². The van der Waals surface area contributed by atoms with Crippen molar-refractivity contribution in [3.63, 3.8) is 0 Å². The molecule has 6 heteroatoms. The minimum absolute atomic E-state index is 0.680. The molecule has 0 radical (unpaired) electrons. The van der Waals surface area contributed by atoms with E-state index >= 15 is 0 Å². The van der Waals surface area contributed by atoms with Gasteiger partial charge in [-0.3, -0.25) is 4.99 Å². The summed E-state index contributed by atoms with van der Waals surface area (Å²) in [6.07, 6.45) is 0.955. The van der Waals surface area contributed by atoms with E-state index in [2.05, 4.69) is 45.8 Å². The maximum absolute atomic E-state index is 5.35. The summed E-state index contributed by atoms with van der Waals surface area (Å²) in [6.45, 7) is 9.13. The molecule has 1 aromatic heterocycles. The SMILES string of the molecule is CCOCCCNC(=NC)NCc1ccccc1-n1nc(C)cc1C. The van der Waals surface area contributed by atoms with E-state index in [0.29, 0.717) is 6.54 Å². The van der Waals surface area contributed by atoms with E-state index in [1.54, 1.807) is 7.05 Å². The predicted octanol–water partition coefficient (Wildman–Crippen LogP) is 2.58. The van der Waals surface area contributed by atoms with Crippen molar-refractivity contribution < 1.29 is 4.74 Å². The maximum Gasteiger partial charge on any atom is 0.191 e. The van der Waals surface area contributed by atoms with Crippen LogP contribution in [0.2, 0.25) is 0 Å². The van der Waals surface area contributed by atoms with Crippen LogP contribution < -0.4 is 10.6 Å². The number of hydrogen-bond acceptors (Lipinski definition) is 3. The molecule has 1 aromatic carbocycles. The number of nitrogens with zero attached hydrogens (tertiary/aromatic N) is 3. The summed E-state index contributed by atoms with van der Waals surface area (Å²) in [7, 11) is 1.78. The second-order valence-corrected chi connectivity index (χ2v) is 5.87. The van der Waals surface area contributed by atoms with Crippen LogP contribution in [0.25, 0.3) is 5.69 Å². The van der Waals surface area contributed by atoms with Crippen molar-refractivity contribution in [1.29, 1.82) is 0 Å². The lowest BCUT2D eigenvalue weighted by Crippen LogP contribution is -2.37. The van der Waals surface area contributed by atoms with Crippen LogP contribution in [0.4, 0.5) is 0 Å². The number of aliphatic imine (C=N–C) groups is 1. The molecule has 6 nitrogen and oxygen atoms in total. The minimum atomic E-state index is 0.680. The van der Waals surface area contributed by atoms with Crippen LogP contribution in [0.5, 0.6) is 0 Å². The van der Waals surface area contributed by atoms with Gasteiger partial charge in [0.05, 0.1) is 11.4 Å². The molecule has 0 spiro atoms. The van der Waals surface area contributed by atoms with Crippen LogP contribution in [-0.4, -0.2) is 42.5 Å². The number of nitrogens with one attached hydrogen (secondary N) is 2. The summed E-state index contributed by atoms with van der Waals surface area (Å²) in [4.78, 5) is 4.28. The molecule has 1 heterocycles. The van der Waals surface area contributed by atoms with Gasteiger partial charge in [0.1, 0.15) is 0 Å². The topological polar surface area (TPSA) is 63.5 Å². The third-order valence-corrected chi connectivity index (χ3v) is 3.86. The highest BCUT2D eigenvalue weighted by atomic mass is 16.5. The normalized spacial score (nSPS) is 11.6. The molecule has 136 valence electrons. The van der Waals surface area contributed by atoms with Gasteiger partial charge in [-0.2, -0.15) is 5.10 Å². The first-order chi connectivity index (χ1) is 12.2. The monoisotopic (exact) mass is 343 g/mol. The number of para-hydroxylation sites is 1. The number of hydrogen-bond donors (Lipinski definition) is 2. The highest BCUT2D eigenvalue weighted by molar-refractivity contribution is 5.79. The first-order valence-corrected chi connectivity index (χ1v) is 8.79. The summed E-state index contributed by atoms with van der Waals surface area (Å²) in [5.74, 6) is 0.791. The Hall–Kier alpha value is -2.34. The van der Waals surface area contributed by atoms with E-state index in [1.165, 1.54) is 5.56 Å². The second-order valence-electron chi connectivity index (χ2n) is 5.87. The van der Waals surface area contributed by atoms with E-state index in [1.807, 2.05) is 30.7 Å². The highest BCUT2D eigenvalue weighted by Crippen LogP contribution is 2.16. The fraction of sp³-hybridized carbons (Fsp3) is 0.474. The van der Waals surface area contributed by atoms with Gasteiger partial charge in [0, 0.05) is 39.0 Å². The van der Waals surface area contributed by atoms with Crippen molar-refractivity contribution in [2.45, 2.75) is 33.7 Å². The first kappa shape index (κ1) is 19.0. The van der Waals surface area contributed by atoms with Crippen LogP contribution in [0.1, 0.15) is 30.3 Å². The molecular formula is C19H29N5O. The van der Waals surface area contributed by atoms with Gasteiger partial charge < -0.3 is 15.4 Å². The van der Waals surface area contributed by atoms with Crippen LogP contribution in [0.3, 0.4) is 0 Å². The quantitative estimate of drug-likeness (QED) is 0.439. The van der Waals surface area contributed by atoms with Gasteiger partial charge in [0.25, 0.3) is 0 Å². The summed E-state index contributed by atoms with van der Waals surface area (Å²) in [5, 5.41) is 11.3. The Balaban J connectivity index is 1.97. The molecule has 0 saturated carbocycles. The first-order valence-electron chi connectivity index (χ1n) is 8.79. The van der Waals surface area contributed by atoms with Crippen molar-refractivity contribution in [1.82, 2.24) is 20.4 Å². The highest BCUT2D eigenvalue weighted by Gasteiger charge is 2.09. The average Bonchev–Trinajstić information content (AvgIpc) is 2.96. The number of aryl methyl sites for hydroxylation is 2. The fourth-order valence-corrected chi connectivity index (χ4v) is 2.66. The van der Waals surface area contributed by atoms with Crippen LogP contribution in [-0.2, 0) is 11.3 Å². The molecule has 0 aliphatic carbocycles. The lowest BCUT2D eigenvalue weighted by molar-refractivity contribution is 0.145. The number of benzene rings is 1. The predicted molar refractivity (Wildman–Crippen MR) is 102 cm³/mol. The lowest BCUT2D eigenvalue weighted by atomic mass is 10.1. The van der Waals surface area contributed by atoms with E-state index in [9.17, 15) is 0 Å². The van der Waals surface area contributed by atoms with Gasteiger partial charge in [-0.05, 0) is 44.9 Å². The molecule has 25 heavy (non-hydrogen) atoms. The Morgan fingerprint density at radius 1 is 1.24 bits per heavy atom. The zero-order valence-electron chi connectivity index (χ0n) is 15.7. The fourth-order valence-electron chi connectivity index (χ4n) is 2.66. The number of guanidine groups is 1. The number of aromatic nitrogens is 2. The molecule has 0 aliphatic heterocycles. The van der Waals surface area contributed by atoms with E-state index < -0.39 is 0 Å². The smallest absolute Gasteiger partial charge is 0.191 e. The van der Waals surface area contributed by atoms with Crippen LogP contribution in [0, 0.1) is 13.8 Å². The number of rotatable bonds is 8. The molecule has 0 aliphatic rings. The van der Waals surface area contributed by atoms with Gasteiger partial charge >= 0.3 is 0 Å². The standard InChI is InChI=1S/C19H29N5O/c1-5-25-12-8-11-21-19(20-4)22-14-17-9-6-7-10-18(17)24-16(3)13-15(2)23-24/h6-7,9-10,13H,5,8,11-12,14H2,1-4H3,(H2,20,21,22). The molecule has 2 rings (SSSR count). The molecule has 0 bridgehead atoms. The largest absolute Gasteiger partial charge is 0.382 e. The van der Waals surface area contributed by atoms with Crippen molar-refractivity contribution in [3.05, 3.63) is 47.3 Å². The summed E-state index contributed by atoms with van der Waals surface area (Å²) in [6, 6.07) is 10.4. The van der Waals surface area contributed by atoms with Gasteiger partial charge in [0.15, 0.2) is 5.96 Å². The second kappa shape index (κ2) is 9.84. The third-order valence-electron chi connectivity index (χ3n) is 3.86. The van der Waals surface area contributed by atoms with Crippen molar-refractivity contribution in [2.75, 3.05) is 26.8 Å². The van der Waals surface area contributed by atoms with Gasteiger partial charge in [-0.15, -0.1) is 0 Å². The van der Waals surface area contributed by atoms with Gasteiger partial charge in [-0.1, -0.05) is 18.2 Å². The molecule has 0 fully saturated rings. The molecule has 2 N–H and O–H groups in total. The molecule has 0 atom stereocenters. The molecule has 0 saturated heterocycles. The van der Waals surface area contributed by atoms with Crippen LogP contribution in [0.15, 0.2) is 35.3 Å². The Bertz CT molecular complexity index is 693. The van der Waals surface area contributed by atoms with Crippen molar-refractivity contribution in [2.24, 2.45) is 4.99 Å². The van der Waals surface area contributed by atoms with Gasteiger partial charge in [0.2, 0.25) is 0 Å². The molecule has 2 aromatic rings. The summed E-state index contributed by atoms with van der Waals surface area (Å²) in [5.41, 5.74) is 4.41. The maximum atomic E-state index is 5.35. The average molecular weight is 343 g/mol. The molecule has 0 unspecified atom stereocenters. The third kappa shape index (κ3) is 5.60. The Kier molecular flexibility index (Phi) is 7.47. The zero-order valence-corrected chi connectivity index (χ0v) is 15.7. The van der Waals surface area contributed by atoms with Crippen molar-refractivity contribution in [3.8, 4) is 5.69 Å². The van der Waals surface area contributed by atoms with E-state index in [-0.39, 0.29) is 0 Å². The van der Waals surface area contributed by atoms with E-state index in [0.717, 1.165) is 49.2 Å². The molecular weight excluding hydrogens is 314 g/mol. The summed E-state index contributed by atoms with van der Waals surface area (Å²) < 4.78 is 7.34. The Labute approximate surface area is 150 Å². The summed E-state index contributed by atoms with van der Waals surface area (Å²) >= 11 is 0. The lowest BCUT2D eigenvalue weighted by Gasteiger charge is -2.15. The number of ether oxygens (including phenoxy) is 1. The Morgan fingerprint density at radius 3 is 2.72 bits per heavy atom. The minimum Gasteiger partial charge on any atom is -0.382 e. The van der Waals surface area contributed by atoms with Crippen LogP contribution >= 0.6 is 0 Å². The van der Waals surface area contributed by atoms with Crippen molar-refractivity contribution >= 4 is 5.96 Å². The van der Waals surface area contributed by atoms with Gasteiger partial charge in [-0.25, -0.2) is 4.68 Å². The Morgan fingerprint density at radius 2 is 2.04 bits per heavy atom.